The number of aliphatic hydroxyl groups excluding tert-OH is 1. The minimum Gasteiger partial charge on any atom is -0.480 e. The van der Waals surface area contributed by atoms with Gasteiger partial charge in [-0.15, -0.1) is 0 Å². The molecule has 0 saturated heterocycles. The molecule has 0 rings (SSSR count). The van der Waals surface area contributed by atoms with Gasteiger partial charge in [0.2, 0.25) is 3.79 Å². The Hall–Kier alpha value is -0.430. The van der Waals surface area contributed by atoms with Crippen molar-refractivity contribution in [1.82, 2.24) is 5.32 Å². The number of hydrogen-bond acceptors (Lipinski definition) is 4. The maximum absolute atomic E-state index is 11.0. The molecular formula is C7H10Cl3NO5. The Morgan fingerprint density at radius 2 is 1.94 bits per heavy atom. The van der Waals surface area contributed by atoms with E-state index in [9.17, 15) is 9.59 Å². The molecule has 0 aliphatic heterocycles. The molecule has 9 heteroatoms. The van der Waals surface area contributed by atoms with Crippen molar-refractivity contribution in [1.29, 1.82) is 0 Å². The minimum absolute atomic E-state index is 0.532. The van der Waals surface area contributed by atoms with Gasteiger partial charge in [-0.05, 0) is 6.92 Å². The molecule has 0 spiro atoms. The van der Waals surface area contributed by atoms with Gasteiger partial charge in [0.1, 0.15) is 6.61 Å². The summed E-state index contributed by atoms with van der Waals surface area (Å²) in [6.45, 7) is 0.670. The summed E-state index contributed by atoms with van der Waals surface area (Å²) in [6, 6.07) is -1.48. The number of hydrogen-bond donors (Lipinski definition) is 3. The number of halogens is 3. The van der Waals surface area contributed by atoms with Gasteiger partial charge in [0.25, 0.3) is 0 Å². The van der Waals surface area contributed by atoms with Gasteiger partial charge < -0.3 is 20.3 Å². The number of aliphatic hydroxyl groups is 1. The first-order chi connectivity index (χ1) is 7.13. The lowest BCUT2D eigenvalue weighted by Gasteiger charge is -2.18. The molecule has 3 N–H and O–H groups in total. The van der Waals surface area contributed by atoms with Crippen molar-refractivity contribution in [3.63, 3.8) is 0 Å². The highest BCUT2D eigenvalue weighted by molar-refractivity contribution is 6.67. The molecule has 0 aromatic carbocycles. The quantitative estimate of drug-likeness (QED) is 0.670. The Bertz CT molecular complexity index is 265. The predicted molar refractivity (Wildman–Crippen MR) is 57.9 cm³/mol. The molecule has 94 valence electrons. The van der Waals surface area contributed by atoms with Crippen LogP contribution in [0, 0.1) is 0 Å². The van der Waals surface area contributed by atoms with Gasteiger partial charge in [0.05, 0.1) is 6.10 Å². The topological polar surface area (TPSA) is 95.9 Å². The van der Waals surface area contributed by atoms with E-state index >= 15 is 0 Å². The van der Waals surface area contributed by atoms with Crippen LogP contribution in [0.3, 0.4) is 0 Å². The lowest BCUT2D eigenvalue weighted by atomic mass is 10.2. The SMILES string of the molecule is C[C@@H](O)[C@H](NC(=O)OCC(Cl)(Cl)Cl)C(=O)O. The van der Waals surface area contributed by atoms with Crippen molar-refractivity contribution in [3.8, 4) is 0 Å². The second kappa shape index (κ2) is 6.34. The smallest absolute Gasteiger partial charge is 0.408 e. The average Bonchev–Trinajstić information content (AvgIpc) is 2.08. The molecule has 0 unspecified atom stereocenters. The highest BCUT2D eigenvalue weighted by Gasteiger charge is 2.27. The summed E-state index contributed by atoms with van der Waals surface area (Å²) in [5.41, 5.74) is 0. The molecule has 0 bridgehead atoms. The summed E-state index contributed by atoms with van der Waals surface area (Å²) < 4.78 is 2.64. The van der Waals surface area contributed by atoms with Gasteiger partial charge >= 0.3 is 12.1 Å². The minimum atomic E-state index is -1.78. The number of alkyl carbamates (subject to hydrolysis) is 1. The monoisotopic (exact) mass is 293 g/mol. The molecule has 0 aromatic rings. The Morgan fingerprint density at radius 1 is 1.44 bits per heavy atom. The van der Waals surface area contributed by atoms with E-state index in [0.29, 0.717) is 0 Å². The van der Waals surface area contributed by atoms with E-state index < -0.39 is 34.6 Å². The second-order valence-corrected chi connectivity index (χ2v) is 5.41. The molecule has 1 amide bonds. The second-order valence-electron chi connectivity index (χ2n) is 2.89. The number of carboxylic acid groups (broad SMARTS) is 1. The van der Waals surface area contributed by atoms with Gasteiger partial charge in [-0.2, -0.15) is 0 Å². The van der Waals surface area contributed by atoms with Crippen LogP contribution in [0.25, 0.3) is 0 Å². The number of ether oxygens (including phenoxy) is 1. The third kappa shape index (κ3) is 6.95. The van der Waals surface area contributed by atoms with Crippen molar-refractivity contribution in [2.24, 2.45) is 0 Å². The summed E-state index contributed by atoms with van der Waals surface area (Å²) in [7, 11) is 0. The molecular weight excluding hydrogens is 284 g/mol. The number of carbonyl (C=O) groups excluding carboxylic acids is 1. The predicted octanol–water partition coefficient (Wildman–Crippen LogP) is 0.917. The molecule has 0 aromatic heterocycles. The van der Waals surface area contributed by atoms with Crippen LogP contribution in [-0.2, 0) is 9.53 Å². The van der Waals surface area contributed by atoms with Crippen LogP contribution < -0.4 is 5.32 Å². The number of carbonyl (C=O) groups is 2. The number of nitrogens with one attached hydrogen (secondary N) is 1. The zero-order valence-corrected chi connectivity index (χ0v) is 10.4. The third-order valence-corrected chi connectivity index (χ3v) is 1.72. The van der Waals surface area contributed by atoms with Crippen LogP contribution in [0.2, 0.25) is 0 Å². The molecule has 0 fully saturated rings. The largest absolute Gasteiger partial charge is 0.480 e. The summed E-state index contributed by atoms with van der Waals surface area (Å²) >= 11 is 15.9. The first kappa shape index (κ1) is 15.6. The third-order valence-electron chi connectivity index (χ3n) is 1.39. The number of amides is 1. The van der Waals surface area contributed by atoms with E-state index in [0.717, 1.165) is 0 Å². The Labute approximate surface area is 106 Å². The molecule has 16 heavy (non-hydrogen) atoms. The van der Waals surface area contributed by atoms with Crippen molar-refractivity contribution < 1.29 is 24.5 Å². The molecule has 2 atom stereocenters. The molecule has 0 radical (unpaired) electrons. The van der Waals surface area contributed by atoms with Gasteiger partial charge in [-0.3, -0.25) is 0 Å². The average molecular weight is 295 g/mol. The highest BCUT2D eigenvalue weighted by atomic mass is 35.6. The number of carboxylic acids is 1. The number of rotatable bonds is 4. The van der Waals surface area contributed by atoms with Crippen molar-refractivity contribution in [2.75, 3.05) is 6.61 Å². The van der Waals surface area contributed by atoms with E-state index in [2.05, 4.69) is 4.74 Å². The fourth-order valence-electron chi connectivity index (χ4n) is 0.705. The Morgan fingerprint density at radius 3 is 2.25 bits per heavy atom. The van der Waals surface area contributed by atoms with Crippen LogP contribution in [0.4, 0.5) is 4.79 Å². The van der Waals surface area contributed by atoms with E-state index in [4.69, 9.17) is 45.0 Å². The van der Waals surface area contributed by atoms with Crippen molar-refractivity contribution >= 4 is 46.9 Å². The molecule has 0 aliphatic rings. The fraction of sp³-hybridized carbons (Fsp3) is 0.714. The summed E-state index contributed by atoms with van der Waals surface area (Å²) in [4.78, 5) is 21.6. The summed E-state index contributed by atoms with van der Waals surface area (Å²) in [5, 5.41) is 19.5. The van der Waals surface area contributed by atoms with Crippen LogP contribution in [-0.4, -0.2) is 44.8 Å². The van der Waals surface area contributed by atoms with Gasteiger partial charge in [0.15, 0.2) is 6.04 Å². The zero-order valence-electron chi connectivity index (χ0n) is 8.11. The van der Waals surface area contributed by atoms with E-state index in [1.165, 1.54) is 6.92 Å². The Balaban J connectivity index is 4.17. The summed E-state index contributed by atoms with van der Waals surface area (Å²) in [6.07, 6.45) is -2.38. The standard InChI is InChI=1S/C7H10Cl3NO5/c1-3(12)4(5(13)14)11-6(15)16-2-7(8,9)10/h3-4,12H,2H2,1H3,(H,11,15)(H,13,14)/t3-,4+/m1/s1. The normalized spacial score (nSPS) is 15.1. The first-order valence-corrected chi connectivity index (χ1v) is 5.18. The maximum atomic E-state index is 11.0. The van der Waals surface area contributed by atoms with Gasteiger partial charge in [0, 0.05) is 0 Å². The van der Waals surface area contributed by atoms with Crippen LogP contribution in [0.5, 0.6) is 0 Å². The fourth-order valence-corrected chi connectivity index (χ4v) is 0.868. The molecule has 0 heterocycles. The van der Waals surface area contributed by atoms with Crippen LogP contribution >= 0.6 is 34.8 Å². The number of alkyl halides is 3. The molecule has 6 nitrogen and oxygen atoms in total. The lowest BCUT2D eigenvalue weighted by molar-refractivity contribution is -0.142. The maximum Gasteiger partial charge on any atom is 0.408 e. The van der Waals surface area contributed by atoms with Crippen molar-refractivity contribution in [2.45, 2.75) is 22.9 Å². The van der Waals surface area contributed by atoms with Gasteiger partial charge in [-0.25, -0.2) is 9.59 Å². The van der Waals surface area contributed by atoms with Gasteiger partial charge in [-0.1, -0.05) is 34.8 Å². The number of aliphatic carboxylic acids is 1. The van der Waals surface area contributed by atoms with Crippen LogP contribution in [0.15, 0.2) is 0 Å². The first-order valence-electron chi connectivity index (χ1n) is 4.04. The Kier molecular flexibility index (Phi) is 6.17. The molecule has 0 aliphatic carbocycles. The lowest BCUT2D eigenvalue weighted by Crippen LogP contribution is -2.48. The molecule has 0 saturated carbocycles. The van der Waals surface area contributed by atoms with Crippen molar-refractivity contribution in [3.05, 3.63) is 0 Å². The highest BCUT2D eigenvalue weighted by Crippen LogP contribution is 2.25. The van der Waals surface area contributed by atoms with E-state index in [1.54, 1.807) is 0 Å². The zero-order chi connectivity index (χ0) is 12.9. The summed E-state index contributed by atoms with van der Waals surface area (Å²) in [5.74, 6) is -1.40. The van der Waals surface area contributed by atoms with Crippen LogP contribution in [0.1, 0.15) is 6.92 Å². The van der Waals surface area contributed by atoms with E-state index in [1.807, 2.05) is 5.32 Å². The van der Waals surface area contributed by atoms with E-state index in [-0.39, 0.29) is 0 Å².